The molecule has 3 heterocycles. The van der Waals surface area contributed by atoms with Gasteiger partial charge in [-0.15, -0.1) is 5.10 Å². The monoisotopic (exact) mass is 440 g/mol. The minimum Gasteiger partial charge on any atom is -0.379 e. The van der Waals surface area contributed by atoms with Crippen LogP contribution in [0.1, 0.15) is 25.1 Å². The van der Waals surface area contributed by atoms with Gasteiger partial charge in [0.15, 0.2) is 5.65 Å². The molecule has 32 heavy (non-hydrogen) atoms. The fraction of sp³-hybridized carbons (Fsp3) is 0.476. The molecule has 0 unspecified atom stereocenters. The summed E-state index contributed by atoms with van der Waals surface area (Å²) < 4.78 is 6.88. The van der Waals surface area contributed by atoms with Crippen molar-refractivity contribution in [1.29, 1.82) is 0 Å². The molecule has 4 rings (SSSR count). The highest BCUT2D eigenvalue weighted by Crippen LogP contribution is 2.19. The quantitative estimate of drug-likeness (QED) is 0.327. The summed E-state index contributed by atoms with van der Waals surface area (Å²) in [5.74, 6) is 0.497. The second kappa shape index (κ2) is 10.3. The highest BCUT2D eigenvalue weighted by atomic mass is 16.5. The number of carbonyl (C=O) groups is 2. The third kappa shape index (κ3) is 5.48. The number of rotatable bonds is 9. The maximum Gasteiger partial charge on any atom is 0.245 e. The van der Waals surface area contributed by atoms with Crippen LogP contribution in [0.4, 0.5) is 5.95 Å². The van der Waals surface area contributed by atoms with Crippen molar-refractivity contribution in [3.63, 3.8) is 0 Å². The van der Waals surface area contributed by atoms with Crippen LogP contribution in [0.15, 0.2) is 24.3 Å². The molecule has 1 aliphatic heterocycles. The van der Waals surface area contributed by atoms with Gasteiger partial charge in [-0.25, -0.2) is 9.97 Å². The summed E-state index contributed by atoms with van der Waals surface area (Å²) in [5, 5.41) is 8.08. The Morgan fingerprint density at radius 2 is 1.88 bits per heavy atom. The number of aryl methyl sites for hydroxylation is 1. The third-order valence-corrected chi connectivity index (χ3v) is 5.25. The summed E-state index contributed by atoms with van der Waals surface area (Å²) in [6.45, 7) is 6.74. The number of aromatic nitrogens is 4. The van der Waals surface area contributed by atoms with E-state index in [9.17, 15) is 9.59 Å². The first-order chi connectivity index (χ1) is 15.6. The van der Waals surface area contributed by atoms with Crippen molar-refractivity contribution < 1.29 is 14.3 Å². The number of anilines is 1. The Morgan fingerprint density at radius 1 is 1.09 bits per heavy atom. The van der Waals surface area contributed by atoms with Crippen LogP contribution in [0.3, 0.4) is 0 Å². The number of carbonyl (C=O) groups excluding carboxylic acids is 2. The molecule has 1 fully saturated rings. The summed E-state index contributed by atoms with van der Waals surface area (Å²) >= 11 is 0. The van der Waals surface area contributed by atoms with Crippen LogP contribution in [0.25, 0.3) is 16.6 Å². The molecule has 170 valence electrons. The van der Waals surface area contributed by atoms with Gasteiger partial charge in [0.2, 0.25) is 17.8 Å². The first-order valence-corrected chi connectivity index (χ1v) is 10.8. The predicted molar refractivity (Wildman–Crippen MR) is 119 cm³/mol. The number of para-hydroxylation sites is 1. The van der Waals surface area contributed by atoms with E-state index < -0.39 is 0 Å². The highest BCUT2D eigenvalue weighted by Gasteiger charge is 2.13. The number of morpholine rings is 1. The second-order valence-electron chi connectivity index (χ2n) is 7.68. The normalized spacial score (nSPS) is 14.5. The number of fused-ring (bicyclic) bond motifs is 3. The first-order valence-electron chi connectivity index (χ1n) is 10.8. The minimum atomic E-state index is -0.312. The Hall–Kier alpha value is -3.31. The molecule has 0 bridgehead atoms. The number of amides is 2. The van der Waals surface area contributed by atoms with Gasteiger partial charge in [-0.1, -0.05) is 12.1 Å². The molecule has 0 saturated carbocycles. The molecule has 0 aliphatic carbocycles. The lowest BCUT2D eigenvalue weighted by atomic mass is 10.2. The number of nitrogens with zero attached hydrogens (tertiary/aromatic N) is 5. The fourth-order valence-corrected chi connectivity index (χ4v) is 3.60. The average Bonchev–Trinajstić information content (AvgIpc) is 3.21. The zero-order valence-corrected chi connectivity index (χ0v) is 18.1. The summed E-state index contributed by atoms with van der Waals surface area (Å²) in [6.07, 6.45) is 1.06. The van der Waals surface area contributed by atoms with E-state index in [1.165, 1.54) is 0 Å². The number of nitrogens with one attached hydrogen (secondary N) is 3. The molecule has 11 nitrogen and oxygen atoms in total. The topological polar surface area (TPSA) is 126 Å². The van der Waals surface area contributed by atoms with Crippen LogP contribution in [-0.2, 0) is 14.3 Å². The van der Waals surface area contributed by atoms with Gasteiger partial charge in [-0.05, 0) is 32.0 Å². The maximum atomic E-state index is 12.2. The number of hydrogen-bond donors (Lipinski definition) is 3. The molecular formula is C21H28N8O3. The van der Waals surface area contributed by atoms with E-state index in [1.807, 2.05) is 24.3 Å². The van der Waals surface area contributed by atoms with Crippen molar-refractivity contribution in [3.8, 4) is 0 Å². The van der Waals surface area contributed by atoms with E-state index in [-0.39, 0.29) is 24.7 Å². The van der Waals surface area contributed by atoms with Crippen molar-refractivity contribution in [3.05, 3.63) is 30.1 Å². The van der Waals surface area contributed by atoms with Gasteiger partial charge in [0.1, 0.15) is 5.82 Å². The molecular weight excluding hydrogens is 412 g/mol. The van der Waals surface area contributed by atoms with Gasteiger partial charge >= 0.3 is 0 Å². The van der Waals surface area contributed by atoms with Crippen molar-refractivity contribution in [2.45, 2.75) is 26.2 Å². The van der Waals surface area contributed by atoms with Crippen LogP contribution in [-0.4, -0.2) is 75.7 Å². The lowest BCUT2D eigenvalue weighted by Crippen LogP contribution is -2.38. The van der Waals surface area contributed by atoms with E-state index in [1.54, 1.807) is 11.4 Å². The minimum absolute atomic E-state index is 0.0649. The van der Waals surface area contributed by atoms with Crippen molar-refractivity contribution in [2.75, 3.05) is 44.8 Å². The van der Waals surface area contributed by atoms with Crippen molar-refractivity contribution >= 4 is 34.3 Å². The molecule has 2 aromatic heterocycles. The van der Waals surface area contributed by atoms with Crippen molar-refractivity contribution in [1.82, 2.24) is 35.2 Å². The molecule has 0 atom stereocenters. The van der Waals surface area contributed by atoms with Crippen LogP contribution in [0, 0.1) is 6.92 Å². The van der Waals surface area contributed by atoms with E-state index in [0.717, 1.165) is 50.2 Å². The molecule has 1 saturated heterocycles. The zero-order valence-electron chi connectivity index (χ0n) is 18.1. The Kier molecular flexibility index (Phi) is 7.07. The van der Waals surface area contributed by atoms with Gasteiger partial charge in [-0.3, -0.25) is 25.3 Å². The predicted octanol–water partition coefficient (Wildman–Crippen LogP) is 0.648. The average molecular weight is 441 g/mol. The molecule has 0 spiro atoms. The molecule has 2 amide bonds. The summed E-state index contributed by atoms with van der Waals surface area (Å²) in [7, 11) is 0. The summed E-state index contributed by atoms with van der Waals surface area (Å²) in [4.78, 5) is 35.5. The van der Waals surface area contributed by atoms with E-state index in [4.69, 9.17) is 4.74 Å². The van der Waals surface area contributed by atoms with Gasteiger partial charge in [0.05, 0.1) is 18.7 Å². The Labute approximate surface area is 185 Å². The van der Waals surface area contributed by atoms with Crippen LogP contribution >= 0.6 is 0 Å². The maximum absolute atomic E-state index is 12.2. The largest absolute Gasteiger partial charge is 0.379 e. The Balaban J connectivity index is 1.22. The number of benzene rings is 1. The molecule has 1 aliphatic rings. The third-order valence-electron chi connectivity index (χ3n) is 5.25. The molecule has 1 aromatic carbocycles. The molecule has 11 heteroatoms. The van der Waals surface area contributed by atoms with Gasteiger partial charge < -0.3 is 10.1 Å². The van der Waals surface area contributed by atoms with Crippen molar-refractivity contribution in [2.24, 2.45) is 0 Å². The van der Waals surface area contributed by atoms with Crippen LogP contribution in [0.2, 0.25) is 0 Å². The summed E-state index contributed by atoms with van der Waals surface area (Å²) in [6, 6.07) is 7.59. The van der Waals surface area contributed by atoms with Gasteiger partial charge in [-0.2, -0.15) is 4.52 Å². The second-order valence-corrected chi connectivity index (χ2v) is 7.68. The SMILES string of the molecule is Cc1nc2c3ccccc3nc(NNC(=O)CCC(=O)NCCCN3CCOCC3)n2n1. The molecule has 3 N–H and O–H groups in total. The first kappa shape index (κ1) is 21.9. The number of ether oxygens (including phenoxy) is 1. The standard InChI is InChI=1S/C21H28N8O3/c1-15-23-20-16-5-2-3-6-17(16)24-21(29(20)27-15)26-25-19(31)8-7-18(30)22-9-4-10-28-11-13-32-14-12-28/h2-3,5-6H,4,7-14H2,1H3,(H,22,30)(H,24,26)(H,25,31). The van der Waals surface area contributed by atoms with Gasteiger partial charge in [0.25, 0.3) is 0 Å². The van der Waals surface area contributed by atoms with E-state index >= 15 is 0 Å². The number of hydrazine groups is 1. The number of hydrogen-bond acceptors (Lipinski definition) is 8. The lowest BCUT2D eigenvalue weighted by Gasteiger charge is -2.26. The van der Waals surface area contributed by atoms with Crippen LogP contribution in [0.5, 0.6) is 0 Å². The van der Waals surface area contributed by atoms with Gasteiger partial charge in [0, 0.05) is 37.9 Å². The zero-order chi connectivity index (χ0) is 22.3. The lowest BCUT2D eigenvalue weighted by molar-refractivity contribution is -0.126. The van der Waals surface area contributed by atoms with Crippen LogP contribution < -0.4 is 16.2 Å². The smallest absolute Gasteiger partial charge is 0.245 e. The molecule has 0 radical (unpaired) electrons. The fourth-order valence-electron chi connectivity index (χ4n) is 3.60. The Morgan fingerprint density at radius 3 is 2.72 bits per heavy atom. The summed E-state index contributed by atoms with van der Waals surface area (Å²) in [5.41, 5.74) is 6.79. The van der Waals surface area contributed by atoms with E-state index in [2.05, 4.69) is 36.1 Å². The Bertz CT molecular complexity index is 1090. The molecule has 3 aromatic rings. The van der Waals surface area contributed by atoms with E-state index in [0.29, 0.717) is 24.0 Å². The highest BCUT2D eigenvalue weighted by molar-refractivity contribution is 5.92.